The summed E-state index contributed by atoms with van der Waals surface area (Å²) < 4.78 is 22.9. The van der Waals surface area contributed by atoms with Crippen molar-refractivity contribution in [2.24, 2.45) is 0 Å². The van der Waals surface area contributed by atoms with Crippen LogP contribution in [0.3, 0.4) is 0 Å². The van der Waals surface area contributed by atoms with E-state index in [1.807, 2.05) is 0 Å². The maximum atomic E-state index is 11.4. The first-order valence-electron chi connectivity index (χ1n) is 5.02. The number of nitrogens with one attached hydrogen (secondary N) is 1. The highest BCUT2D eigenvalue weighted by molar-refractivity contribution is 7.90. The minimum Gasteiger partial charge on any atom is -0.507 e. The topological polar surface area (TPSA) is 70.2 Å². The molecule has 0 fully saturated rings. The molecule has 5 heteroatoms. The summed E-state index contributed by atoms with van der Waals surface area (Å²) in [5.74, 6) is 0.264. The van der Waals surface area contributed by atoms with E-state index < -0.39 is 9.84 Å². The number of hydrogen-bond acceptors (Lipinski definition) is 3. The van der Waals surface area contributed by atoms with Crippen LogP contribution in [0.4, 0.5) is 0 Å². The minimum atomic E-state index is -3.05. The second-order valence-electron chi connectivity index (χ2n) is 3.71. The average molecular weight is 239 g/mol. The van der Waals surface area contributed by atoms with Gasteiger partial charge >= 0.3 is 0 Å². The Kier molecular flexibility index (Phi) is 2.63. The molecule has 0 spiro atoms. The quantitative estimate of drug-likeness (QED) is 0.858. The number of phenolic OH excluding ortho intramolecular Hbond substituents is 1. The van der Waals surface area contributed by atoms with E-state index in [1.165, 1.54) is 0 Å². The van der Waals surface area contributed by atoms with Crippen LogP contribution in [-0.4, -0.2) is 24.3 Å². The number of hydrogen-bond donors (Lipinski definition) is 2. The summed E-state index contributed by atoms with van der Waals surface area (Å²) in [6, 6.07) is 6.77. The number of aromatic nitrogens is 1. The summed E-state index contributed by atoms with van der Waals surface area (Å²) in [7, 11) is -3.05. The first-order chi connectivity index (χ1) is 7.52. The van der Waals surface area contributed by atoms with Crippen LogP contribution in [0.5, 0.6) is 5.75 Å². The fraction of sp³-hybridized carbons (Fsp3) is 0.273. The van der Waals surface area contributed by atoms with Crippen LogP contribution in [0.15, 0.2) is 24.3 Å². The summed E-state index contributed by atoms with van der Waals surface area (Å²) in [6.45, 7) is 1.62. The van der Waals surface area contributed by atoms with Gasteiger partial charge in [-0.15, -0.1) is 0 Å². The zero-order valence-electron chi connectivity index (χ0n) is 8.90. The highest BCUT2D eigenvalue weighted by Gasteiger charge is 2.12. The van der Waals surface area contributed by atoms with Crippen molar-refractivity contribution < 1.29 is 13.5 Å². The third-order valence-electron chi connectivity index (χ3n) is 2.51. The van der Waals surface area contributed by atoms with Crippen LogP contribution in [0.25, 0.3) is 10.9 Å². The molecule has 0 amide bonds. The van der Waals surface area contributed by atoms with Gasteiger partial charge in [0.1, 0.15) is 5.75 Å². The summed E-state index contributed by atoms with van der Waals surface area (Å²) in [5.41, 5.74) is 1.36. The van der Waals surface area contributed by atoms with Gasteiger partial charge in [0.15, 0.2) is 9.84 Å². The molecule has 0 unspecified atom stereocenters. The summed E-state index contributed by atoms with van der Waals surface area (Å²) in [5, 5.41) is 10.2. The number of phenols is 1. The molecule has 2 N–H and O–H groups in total. The lowest BCUT2D eigenvalue weighted by atomic mass is 10.2. The molecule has 2 rings (SSSR count). The lowest BCUT2D eigenvalue weighted by Crippen LogP contribution is -2.06. The Labute approximate surface area is 93.8 Å². The molecule has 16 heavy (non-hydrogen) atoms. The Morgan fingerprint density at radius 1 is 1.38 bits per heavy atom. The highest BCUT2D eigenvalue weighted by atomic mass is 32.2. The van der Waals surface area contributed by atoms with Crippen LogP contribution < -0.4 is 0 Å². The van der Waals surface area contributed by atoms with Gasteiger partial charge in [0.2, 0.25) is 0 Å². The lowest BCUT2D eigenvalue weighted by Gasteiger charge is -1.97. The van der Waals surface area contributed by atoms with Crippen LogP contribution in [0.2, 0.25) is 0 Å². The molecular formula is C11H13NO3S. The maximum absolute atomic E-state index is 11.4. The van der Waals surface area contributed by atoms with Crippen molar-refractivity contribution in [1.29, 1.82) is 0 Å². The zero-order valence-corrected chi connectivity index (χ0v) is 9.71. The molecule has 1 heterocycles. The smallest absolute Gasteiger partial charge is 0.155 e. The van der Waals surface area contributed by atoms with Gasteiger partial charge in [-0.1, -0.05) is 13.0 Å². The van der Waals surface area contributed by atoms with Crippen molar-refractivity contribution in [2.75, 3.05) is 5.75 Å². The van der Waals surface area contributed by atoms with E-state index in [1.54, 1.807) is 31.2 Å². The van der Waals surface area contributed by atoms with Crippen molar-refractivity contribution in [3.05, 3.63) is 30.0 Å². The number of aromatic hydroxyl groups is 1. The van der Waals surface area contributed by atoms with E-state index in [2.05, 4.69) is 4.98 Å². The number of rotatable bonds is 3. The number of fused-ring (bicyclic) bond motifs is 1. The van der Waals surface area contributed by atoms with Gasteiger partial charge in [-0.25, -0.2) is 8.42 Å². The molecule has 0 bridgehead atoms. The van der Waals surface area contributed by atoms with Gasteiger partial charge in [-0.2, -0.15) is 0 Å². The fourth-order valence-electron chi connectivity index (χ4n) is 1.61. The van der Waals surface area contributed by atoms with E-state index in [-0.39, 0.29) is 17.3 Å². The van der Waals surface area contributed by atoms with E-state index >= 15 is 0 Å². The largest absolute Gasteiger partial charge is 0.507 e. The molecule has 1 aromatic carbocycles. The first kappa shape index (κ1) is 11.0. The number of H-pyrrole nitrogens is 1. The molecule has 0 radical (unpaired) electrons. The molecule has 4 nitrogen and oxygen atoms in total. The Morgan fingerprint density at radius 2 is 2.12 bits per heavy atom. The molecule has 1 aromatic heterocycles. The average Bonchev–Trinajstić information content (AvgIpc) is 2.61. The van der Waals surface area contributed by atoms with Gasteiger partial charge in [-0.3, -0.25) is 0 Å². The van der Waals surface area contributed by atoms with Gasteiger partial charge in [0.25, 0.3) is 0 Å². The second-order valence-corrected chi connectivity index (χ2v) is 6.06. The van der Waals surface area contributed by atoms with E-state index in [0.29, 0.717) is 11.1 Å². The van der Waals surface area contributed by atoms with E-state index in [0.717, 1.165) is 5.52 Å². The molecule has 0 atom stereocenters. The van der Waals surface area contributed by atoms with Crippen LogP contribution in [0, 0.1) is 0 Å². The molecule has 0 aliphatic rings. The predicted molar refractivity (Wildman–Crippen MR) is 63.1 cm³/mol. The highest BCUT2D eigenvalue weighted by Crippen LogP contribution is 2.25. The van der Waals surface area contributed by atoms with Crippen molar-refractivity contribution in [3.8, 4) is 5.75 Å². The van der Waals surface area contributed by atoms with Crippen molar-refractivity contribution in [3.63, 3.8) is 0 Å². The maximum Gasteiger partial charge on any atom is 0.155 e. The summed E-state index contributed by atoms with van der Waals surface area (Å²) >= 11 is 0. The van der Waals surface area contributed by atoms with Crippen molar-refractivity contribution in [2.45, 2.75) is 12.7 Å². The Balaban J connectivity index is 2.45. The standard InChI is InChI=1S/C11H13NO3S/c1-2-16(14,15)7-8-6-9-10(12-8)4-3-5-11(9)13/h3-6,12-13H,2,7H2,1H3. The minimum absolute atomic E-state index is 0.0163. The number of benzene rings is 1. The van der Waals surface area contributed by atoms with Gasteiger partial charge in [0, 0.05) is 22.3 Å². The Bertz CT molecular complexity index is 613. The van der Waals surface area contributed by atoms with Gasteiger partial charge < -0.3 is 10.1 Å². The second kappa shape index (κ2) is 3.83. The summed E-state index contributed by atoms with van der Waals surface area (Å²) in [4.78, 5) is 2.99. The molecule has 0 aliphatic heterocycles. The Hall–Kier alpha value is -1.49. The van der Waals surface area contributed by atoms with Crippen LogP contribution in [-0.2, 0) is 15.6 Å². The summed E-state index contributed by atoms with van der Waals surface area (Å²) in [6.07, 6.45) is 0. The normalized spacial score (nSPS) is 12.1. The molecule has 0 aliphatic carbocycles. The third-order valence-corrected chi connectivity index (χ3v) is 4.14. The molecular weight excluding hydrogens is 226 g/mol. The number of sulfone groups is 1. The van der Waals surface area contributed by atoms with Gasteiger partial charge in [-0.05, 0) is 18.2 Å². The van der Waals surface area contributed by atoms with Crippen LogP contribution in [0.1, 0.15) is 12.6 Å². The van der Waals surface area contributed by atoms with Crippen molar-refractivity contribution >= 4 is 20.7 Å². The monoisotopic (exact) mass is 239 g/mol. The molecule has 2 aromatic rings. The predicted octanol–water partition coefficient (Wildman–Crippen LogP) is 1.81. The van der Waals surface area contributed by atoms with Gasteiger partial charge in [0.05, 0.1) is 5.75 Å². The van der Waals surface area contributed by atoms with E-state index in [4.69, 9.17) is 0 Å². The van der Waals surface area contributed by atoms with Crippen LogP contribution >= 0.6 is 0 Å². The third kappa shape index (κ3) is 2.04. The Morgan fingerprint density at radius 3 is 2.75 bits per heavy atom. The zero-order chi connectivity index (χ0) is 11.8. The fourth-order valence-corrected chi connectivity index (χ4v) is 2.45. The van der Waals surface area contributed by atoms with E-state index in [9.17, 15) is 13.5 Å². The lowest BCUT2D eigenvalue weighted by molar-refractivity contribution is 0.481. The molecule has 0 saturated carbocycles. The SMILES string of the molecule is CCS(=O)(=O)Cc1cc2c(O)cccc2[nH]1. The van der Waals surface area contributed by atoms with Crippen molar-refractivity contribution in [1.82, 2.24) is 4.98 Å². The molecule has 86 valence electrons. The number of aromatic amines is 1. The first-order valence-corrected chi connectivity index (χ1v) is 6.84. The molecule has 0 saturated heterocycles.